The van der Waals surface area contributed by atoms with Gasteiger partial charge in [-0.1, -0.05) is 53.7 Å². The molecule has 1 fully saturated rings. The number of nitrogens with zero attached hydrogens (tertiary/aromatic N) is 2. The van der Waals surface area contributed by atoms with Crippen LogP contribution < -0.4 is 5.32 Å². The van der Waals surface area contributed by atoms with Gasteiger partial charge in [0.15, 0.2) is 12.1 Å². The number of ether oxygens (including phenoxy) is 1. The molecular formula is C27H33N3O4. The molecule has 0 bridgehead atoms. The first kappa shape index (κ1) is 24.0. The molecular weight excluding hydrogens is 430 g/mol. The van der Waals surface area contributed by atoms with Gasteiger partial charge in [-0.05, 0) is 64.3 Å². The van der Waals surface area contributed by atoms with E-state index in [0.717, 1.165) is 35.1 Å². The van der Waals surface area contributed by atoms with E-state index in [1.54, 1.807) is 0 Å². The summed E-state index contributed by atoms with van der Waals surface area (Å²) in [7, 11) is 1.85. The Morgan fingerprint density at radius 1 is 1.12 bits per heavy atom. The van der Waals surface area contributed by atoms with E-state index in [1.807, 2.05) is 88.2 Å². The molecule has 2 N–H and O–H groups in total. The van der Waals surface area contributed by atoms with Gasteiger partial charge < -0.3 is 19.7 Å². The van der Waals surface area contributed by atoms with Crippen molar-refractivity contribution in [1.29, 1.82) is 0 Å². The lowest BCUT2D eigenvalue weighted by Crippen LogP contribution is -2.42. The molecule has 7 heteroatoms. The van der Waals surface area contributed by atoms with Crippen molar-refractivity contribution in [3.8, 4) is 22.5 Å². The fourth-order valence-electron chi connectivity index (χ4n) is 4.05. The summed E-state index contributed by atoms with van der Waals surface area (Å²) in [4.78, 5) is 14.2. The number of aliphatic hydroxyl groups excluding tert-OH is 1. The van der Waals surface area contributed by atoms with Crippen molar-refractivity contribution in [2.75, 3.05) is 19.0 Å². The van der Waals surface area contributed by atoms with Crippen molar-refractivity contribution in [2.24, 2.45) is 0 Å². The third-order valence-electron chi connectivity index (χ3n) is 6.67. The third kappa shape index (κ3) is 4.58. The summed E-state index contributed by atoms with van der Waals surface area (Å²) in [6.45, 7) is 8.11. The number of hydrogen-bond acceptors (Lipinski definition) is 7. The van der Waals surface area contributed by atoms with Crippen LogP contribution in [0.25, 0.3) is 22.5 Å². The zero-order valence-corrected chi connectivity index (χ0v) is 20.5. The smallest absolute Gasteiger partial charge is 0.316 e. The summed E-state index contributed by atoms with van der Waals surface area (Å²) in [6, 6.07) is 16.3. The van der Waals surface area contributed by atoms with Crippen molar-refractivity contribution < 1.29 is 19.2 Å². The molecule has 1 saturated carbocycles. The molecule has 0 radical (unpaired) electrons. The molecule has 0 saturated heterocycles. The Morgan fingerprint density at radius 2 is 1.68 bits per heavy atom. The van der Waals surface area contributed by atoms with Crippen LogP contribution >= 0.6 is 0 Å². The first-order chi connectivity index (χ1) is 16.3. The highest BCUT2D eigenvalue weighted by Gasteiger charge is 2.52. The second-order valence-electron chi connectivity index (χ2n) is 9.21. The van der Waals surface area contributed by atoms with E-state index in [2.05, 4.69) is 10.5 Å². The number of hydrogen-bond donors (Lipinski definition) is 2. The van der Waals surface area contributed by atoms with Gasteiger partial charge in [0.2, 0.25) is 0 Å². The topological polar surface area (TPSA) is 87.8 Å². The van der Waals surface area contributed by atoms with Gasteiger partial charge in [0.05, 0.1) is 12.0 Å². The number of benzene rings is 2. The van der Waals surface area contributed by atoms with E-state index in [1.165, 1.54) is 0 Å². The highest BCUT2D eigenvalue weighted by atomic mass is 16.5. The zero-order valence-electron chi connectivity index (χ0n) is 20.5. The van der Waals surface area contributed by atoms with Crippen LogP contribution in [0, 0.1) is 6.92 Å². The number of aromatic nitrogens is 1. The SMILES string of the molecule is CCOC(=O)C1(c2ccc(-c3ccc(-c4onc(C)c4NC(O)N(C)C(C)C)cc3)cc2)CC1. The molecule has 1 aromatic heterocycles. The summed E-state index contributed by atoms with van der Waals surface area (Å²) >= 11 is 0. The van der Waals surface area contributed by atoms with Crippen LogP contribution in [0.3, 0.4) is 0 Å². The molecule has 1 unspecified atom stereocenters. The highest BCUT2D eigenvalue weighted by molar-refractivity contribution is 5.87. The Kier molecular flexibility index (Phi) is 6.77. The average Bonchev–Trinajstić information content (AvgIpc) is 3.58. The molecule has 1 aliphatic carbocycles. The van der Waals surface area contributed by atoms with Gasteiger partial charge in [-0.15, -0.1) is 0 Å². The van der Waals surface area contributed by atoms with E-state index < -0.39 is 11.8 Å². The summed E-state index contributed by atoms with van der Waals surface area (Å²) in [5.74, 6) is 0.462. The van der Waals surface area contributed by atoms with E-state index in [4.69, 9.17) is 9.26 Å². The number of rotatable bonds is 9. The first-order valence-electron chi connectivity index (χ1n) is 11.8. The molecule has 0 amide bonds. The molecule has 0 aliphatic heterocycles. The summed E-state index contributed by atoms with van der Waals surface area (Å²) < 4.78 is 10.9. The molecule has 0 spiro atoms. The average molecular weight is 464 g/mol. The maximum atomic E-state index is 12.4. The van der Waals surface area contributed by atoms with E-state index >= 15 is 0 Å². The number of anilines is 1. The largest absolute Gasteiger partial charge is 0.465 e. The van der Waals surface area contributed by atoms with Crippen LogP contribution in [-0.4, -0.2) is 47.2 Å². The number of carbonyl (C=O) groups is 1. The lowest BCUT2D eigenvalue weighted by Gasteiger charge is -2.28. The maximum absolute atomic E-state index is 12.4. The Balaban J connectivity index is 1.52. The van der Waals surface area contributed by atoms with E-state index in [-0.39, 0.29) is 12.0 Å². The minimum absolute atomic E-state index is 0.122. The van der Waals surface area contributed by atoms with Crippen LogP contribution in [-0.2, 0) is 14.9 Å². The number of esters is 1. The fourth-order valence-corrected chi connectivity index (χ4v) is 4.05. The highest BCUT2D eigenvalue weighted by Crippen LogP contribution is 2.49. The maximum Gasteiger partial charge on any atom is 0.316 e. The molecule has 3 aromatic rings. The van der Waals surface area contributed by atoms with E-state index in [9.17, 15) is 9.90 Å². The fraction of sp³-hybridized carbons (Fsp3) is 0.407. The number of aryl methyl sites for hydroxylation is 1. The summed E-state index contributed by atoms with van der Waals surface area (Å²) in [5, 5.41) is 17.7. The lowest BCUT2D eigenvalue weighted by molar-refractivity contribution is -0.146. The van der Waals surface area contributed by atoms with Gasteiger partial charge in [-0.3, -0.25) is 9.69 Å². The Morgan fingerprint density at radius 3 is 2.21 bits per heavy atom. The van der Waals surface area contributed by atoms with Crippen LogP contribution in [0.4, 0.5) is 5.69 Å². The Labute approximate surface area is 200 Å². The zero-order chi connectivity index (χ0) is 24.5. The van der Waals surface area contributed by atoms with Crippen molar-refractivity contribution in [3.63, 3.8) is 0 Å². The van der Waals surface area contributed by atoms with Crippen LogP contribution in [0.1, 0.15) is 44.9 Å². The number of aliphatic hydroxyl groups is 1. The molecule has 180 valence electrons. The Bertz CT molecular complexity index is 1130. The standard InChI is InChI=1S/C27H33N3O4/c1-6-33-25(31)27(15-16-27)22-13-11-20(12-14-22)19-7-9-21(10-8-19)24-23(18(4)29-34-24)28-26(32)30(5)17(2)3/h7-14,17,26,28,32H,6,15-16H2,1-5H3. The van der Waals surface area contributed by atoms with E-state index in [0.29, 0.717) is 23.7 Å². The van der Waals surface area contributed by atoms with Crippen molar-refractivity contribution >= 4 is 11.7 Å². The summed E-state index contributed by atoms with van der Waals surface area (Å²) in [5.41, 5.74) is 4.90. The monoisotopic (exact) mass is 463 g/mol. The van der Waals surface area contributed by atoms with Crippen LogP contribution in [0.5, 0.6) is 0 Å². The van der Waals surface area contributed by atoms with Crippen molar-refractivity contribution in [1.82, 2.24) is 10.1 Å². The van der Waals surface area contributed by atoms with Gasteiger partial charge in [-0.25, -0.2) is 0 Å². The quantitative estimate of drug-likeness (QED) is 0.343. The lowest BCUT2D eigenvalue weighted by atomic mass is 9.93. The minimum Gasteiger partial charge on any atom is -0.465 e. The summed E-state index contributed by atoms with van der Waals surface area (Å²) in [6.07, 6.45) is 0.822. The molecule has 1 atom stereocenters. The van der Waals surface area contributed by atoms with Gasteiger partial charge in [-0.2, -0.15) is 0 Å². The van der Waals surface area contributed by atoms with Crippen molar-refractivity contribution in [3.05, 3.63) is 59.8 Å². The molecule has 7 nitrogen and oxygen atoms in total. The Hall–Kier alpha value is -3.16. The number of nitrogens with one attached hydrogen (secondary N) is 1. The van der Waals surface area contributed by atoms with Crippen LogP contribution in [0.2, 0.25) is 0 Å². The first-order valence-corrected chi connectivity index (χ1v) is 11.8. The van der Waals surface area contributed by atoms with Gasteiger partial charge in [0, 0.05) is 11.6 Å². The minimum atomic E-state index is -0.862. The molecule has 2 aromatic carbocycles. The van der Waals surface area contributed by atoms with Gasteiger partial charge in [0.1, 0.15) is 11.4 Å². The molecule has 34 heavy (non-hydrogen) atoms. The molecule has 1 aliphatic rings. The normalized spacial score (nSPS) is 15.4. The van der Waals surface area contributed by atoms with Crippen LogP contribution in [0.15, 0.2) is 53.1 Å². The predicted octanol–water partition coefficient (Wildman–Crippen LogP) is 4.94. The second-order valence-corrected chi connectivity index (χ2v) is 9.21. The number of carbonyl (C=O) groups excluding carboxylic acids is 1. The predicted molar refractivity (Wildman–Crippen MR) is 132 cm³/mol. The molecule has 4 rings (SSSR count). The second kappa shape index (κ2) is 9.60. The third-order valence-corrected chi connectivity index (χ3v) is 6.67. The van der Waals surface area contributed by atoms with Gasteiger partial charge in [0.25, 0.3) is 0 Å². The molecule has 1 heterocycles. The van der Waals surface area contributed by atoms with Crippen molar-refractivity contribution in [2.45, 2.75) is 58.3 Å². The van der Waals surface area contributed by atoms with Gasteiger partial charge >= 0.3 is 5.97 Å².